The molecule has 232 valence electrons. The van der Waals surface area contributed by atoms with Gasteiger partial charge in [0.25, 0.3) is 5.52 Å². The van der Waals surface area contributed by atoms with Crippen LogP contribution >= 0.6 is 11.6 Å². The quantitative estimate of drug-likeness (QED) is 0.124. The summed E-state index contributed by atoms with van der Waals surface area (Å²) in [6.45, 7) is 2.37. The molecule has 0 spiro atoms. The number of rotatable bonds is 12. The second kappa shape index (κ2) is 15.2. The van der Waals surface area contributed by atoms with Crippen molar-refractivity contribution in [2.45, 2.75) is 32.7 Å². The number of fused-ring (bicyclic) bond motifs is 2. The van der Waals surface area contributed by atoms with Crippen LogP contribution in [0.1, 0.15) is 32.1 Å². The van der Waals surface area contributed by atoms with E-state index in [9.17, 15) is 25.9 Å². The molecule has 3 aromatic carbocycles. The van der Waals surface area contributed by atoms with Gasteiger partial charge in [0, 0.05) is 41.6 Å². The monoisotopic (exact) mass is 696 g/mol. The van der Waals surface area contributed by atoms with Crippen LogP contribution in [-0.2, 0) is 26.8 Å². The van der Waals surface area contributed by atoms with E-state index in [1.165, 1.54) is 0 Å². The van der Waals surface area contributed by atoms with E-state index in [1.54, 1.807) is 29.2 Å². The van der Waals surface area contributed by atoms with E-state index in [-0.39, 0.29) is 77.3 Å². The standard InChI is InChI=1S/C31H31ClN2O8S2.K/c1-2-22(19-31-34(15-7-17-44(38,39)40)27-21-25(32)11-13-29(27)42-31)18-30-33(14-6-16-43(35,36)37)26-20-24(10-12-28(26)41-30)23-8-4-3-5-9-23;/h3-5,8-13,18-21H,2,6-7,14-17H2,1H3,(H-,35,36,37,38,39,40);/q;+1/p-1. The maximum Gasteiger partial charge on any atom is 1.00 e. The van der Waals surface area contributed by atoms with Crippen molar-refractivity contribution in [3.05, 3.63) is 95.2 Å². The van der Waals surface area contributed by atoms with Gasteiger partial charge in [0.05, 0.1) is 32.0 Å². The zero-order valence-corrected chi connectivity index (χ0v) is 30.3. The van der Waals surface area contributed by atoms with Crippen LogP contribution in [0.2, 0.25) is 5.02 Å². The minimum Gasteiger partial charge on any atom is -0.748 e. The number of aromatic nitrogens is 1. The molecule has 1 aromatic heterocycles. The Morgan fingerprint density at radius 3 is 2.33 bits per heavy atom. The van der Waals surface area contributed by atoms with Gasteiger partial charge < -0.3 is 23.2 Å². The number of nitrogens with zero attached hydrogens (tertiary/aromatic N) is 2. The Bertz CT molecular complexity index is 1960. The summed E-state index contributed by atoms with van der Waals surface area (Å²) in [4.78, 5) is 1.77. The van der Waals surface area contributed by atoms with Gasteiger partial charge in [-0.05, 0) is 53.8 Å². The molecule has 0 atom stereocenters. The van der Waals surface area contributed by atoms with Crippen molar-refractivity contribution in [1.29, 1.82) is 0 Å². The largest absolute Gasteiger partial charge is 1.00 e. The van der Waals surface area contributed by atoms with Crippen LogP contribution in [0.25, 0.3) is 28.3 Å². The first-order valence-corrected chi connectivity index (χ1v) is 17.5. The van der Waals surface area contributed by atoms with Gasteiger partial charge in [-0.25, -0.2) is 16.8 Å². The van der Waals surface area contributed by atoms with Gasteiger partial charge in [0.2, 0.25) is 11.5 Å². The molecule has 2 heterocycles. The van der Waals surface area contributed by atoms with E-state index < -0.39 is 31.7 Å². The molecule has 0 radical (unpaired) electrons. The first-order chi connectivity index (χ1) is 20.9. The van der Waals surface area contributed by atoms with Crippen LogP contribution in [0.3, 0.4) is 0 Å². The fourth-order valence-electron chi connectivity index (χ4n) is 5.02. The third-order valence-corrected chi connectivity index (χ3v) is 8.92. The summed E-state index contributed by atoms with van der Waals surface area (Å²) in [5.41, 5.74) is 4.71. The molecule has 14 heteroatoms. The summed E-state index contributed by atoms with van der Waals surface area (Å²) in [6.07, 6.45) is 4.35. The Balaban J connectivity index is 0.00000461. The number of benzene rings is 3. The fraction of sp³-hybridized carbons (Fsp3) is 0.258. The minimum absolute atomic E-state index is 0. The van der Waals surface area contributed by atoms with Crippen LogP contribution in [-0.4, -0.2) is 44.0 Å². The Hall–Kier alpha value is -2.04. The SMILES string of the molecule is CCC(=Cc1oc2ccc(-c3ccccc3)cc2[n+]1CCCS(=O)(=O)[O-])C=C1Oc2ccc(Cl)cc2N1CCCS(=O)(=O)[O-].[K+]. The Morgan fingerprint density at radius 2 is 1.64 bits per heavy atom. The van der Waals surface area contributed by atoms with E-state index in [2.05, 4.69) is 0 Å². The number of oxazole rings is 1. The van der Waals surface area contributed by atoms with Crippen molar-refractivity contribution in [2.75, 3.05) is 23.0 Å². The van der Waals surface area contributed by atoms with Crippen molar-refractivity contribution in [1.82, 2.24) is 0 Å². The number of anilines is 1. The second-order valence-electron chi connectivity index (χ2n) is 10.3. The molecule has 0 N–H and O–H groups in total. The molecule has 0 amide bonds. The van der Waals surface area contributed by atoms with Crippen molar-refractivity contribution in [3.8, 4) is 16.9 Å². The van der Waals surface area contributed by atoms with Crippen molar-refractivity contribution in [2.24, 2.45) is 0 Å². The molecule has 0 aliphatic carbocycles. The number of allylic oxidation sites excluding steroid dienone is 2. The first-order valence-electron chi connectivity index (χ1n) is 14.0. The van der Waals surface area contributed by atoms with Gasteiger partial charge >= 0.3 is 57.3 Å². The van der Waals surface area contributed by atoms with Crippen LogP contribution in [0.4, 0.5) is 5.69 Å². The molecule has 0 unspecified atom stereocenters. The zero-order valence-electron chi connectivity index (χ0n) is 24.8. The molecular weight excluding hydrogens is 667 g/mol. The van der Waals surface area contributed by atoms with Crippen molar-refractivity contribution in [3.63, 3.8) is 0 Å². The van der Waals surface area contributed by atoms with E-state index in [0.717, 1.165) is 22.2 Å². The van der Waals surface area contributed by atoms with Gasteiger partial charge in [0.1, 0.15) is 0 Å². The smallest absolute Gasteiger partial charge is 0.748 e. The molecule has 1 aliphatic rings. The molecule has 0 saturated heterocycles. The summed E-state index contributed by atoms with van der Waals surface area (Å²) in [5, 5.41) is 0.472. The van der Waals surface area contributed by atoms with E-state index in [0.29, 0.717) is 40.2 Å². The molecule has 45 heavy (non-hydrogen) atoms. The number of aryl methyl sites for hydroxylation is 1. The fourth-order valence-corrected chi connectivity index (χ4v) is 6.16. The van der Waals surface area contributed by atoms with Gasteiger partial charge in [0.15, 0.2) is 12.3 Å². The summed E-state index contributed by atoms with van der Waals surface area (Å²) in [5.74, 6) is 0.371. The average Bonchev–Trinajstić information content (AvgIpc) is 3.48. The Kier molecular flexibility index (Phi) is 12.1. The van der Waals surface area contributed by atoms with Gasteiger partial charge in [-0.2, -0.15) is 4.57 Å². The third kappa shape index (κ3) is 9.50. The molecule has 0 bridgehead atoms. The number of halogens is 1. The predicted octanol–water partition coefficient (Wildman–Crippen LogP) is 2.45. The first kappa shape index (κ1) is 35.8. The minimum atomic E-state index is -4.40. The van der Waals surface area contributed by atoms with E-state index in [4.69, 9.17) is 20.8 Å². The van der Waals surface area contributed by atoms with Crippen molar-refractivity contribution >= 4 is 54.7 Å². The second-order valence-corrected chi connectivity index (χ2v) is 13.8. The number of hydrogen-bond donors (Lipinski definition) is 0. The maximum atomic E-state index is 11.4. The number of ether oxygens (including phenoxy) is 1. The summed E-state index contributed by atoms with van der Waals surface area (Å²) in [6, 6.07) is 20.7. The Labute approximate surface area is 310 Å². The third-order valence-electron chi connectivity index (χ3n) is 7.11. The zero-order chi connectivity index (χ0) is 31.5. The van der Waals surface area contributed by atoms with Gasteiger partial charge in [-0.1, -0.05) is 54.9 Å². The molecule has 10 nitrogen and oxygen atoms in total. The van der Waals surface area contributed by atoms with E-state index >= 15 is 0 Å². The summed E-state index contributed by atoms with van der Waals surface area (Å²) < 4.78 is 82.0. The summed E-state index contributed by atoms with van der Waals surface area (Å²) in [7, 11) is -8.79. The maximum absolute atomic E-state index is 11.4. The molecule has 4 aromatic rings. The van der Waals surface area contributed by atoms with Crippen LogP contribution in [0.15, 0.2) is 88.7 Å². The molecule has 5 rings (SSSR count). The number of hydrogen-bond acceptors (Lipinski definition) is 9. The topological polar surface area (TPSA) is 144 Å². The molecule has 0 saturated carbocycles. The molecular formula is C31H30ClKN2O8S2. The Morgan fingerprint density at radius 1 is 0.933 bits per heavy atom. The van der Waals surface area contributed by atoms with Crippen molar-refractivity contribution < 1.29 is 91.0 Å². The molecule has 0 fully saturated rings. The van der Waals surface area contributed by atoms with Crippen LogP contribution in [0.5, 0.6) is 5.75 Å². The van der Waals surface area contributed by atoms with Crippen LogP contribution < -0.4 is 65.6 Å². The van der Waals surface area contributed by atoms with Gasteiger partial charge in [-0.15, -0.1) is 0 Å². The molecule has 1 aliphatic heterocycles. The normalized spacial score (nSPS) is 14.4. The summed E-state index contributed by atoms with van der Waals surface area (Å²) >= 11 is 6.23. The average molecular weight is 697 g/mol. The van der Waals surface area contributed by atoms with Crippen LogP contribution in [0, 0.1) is 0 Å². The van der Waals surface area contributed by atoms with E-state index in [1.807, 2.05) is 66.1 Å². The van der Waals surface area contributed by atoms with Gasteiger partial charge in [-0.3, -0.25) is 0 Å². The predicted molar refractivity (Wildman–Crippen MR) is 166 cm³/mol.